The number of nitrogens with two attached hydrogens (primary N) is 1. The molecule has 0 radical (unpaired) electrons. The van der Waals surface area contributed by atoms with Gasteiger partial charge in [0.25, 0.3) is 5.91 Å². The van der Waals surface area contributed by atoms with Gasteiger partial charge in [-0.05, 0) is 78.1 Å². The van der Waals surface area contributed by atoms with E-state index in [4.69, 9.17) is 5.73 Å². The molecule has 192 valence electrons. The number of aryl methyl sites for hydroxylation is 1. The Kier molecular flexibility index (Phi) is 8.48. The molecule has 0 saturated carbocycles. The summed E-state index contributed by atoms with van der Waals surface area (Å²) in [6.45, 7) is 2.31. The van der Waals surface area contributed by atoms with Gasteiger partial charge in [0.05, 0.1) is 6.10 Å². The number of aliphatic hydroxyl groups is 1. The molecule has 1 aromatic heterocycles. The highest BCUT2D eigenvalue weighted by atomic mass is 19.1. The Balaban J connectivity index is 1.54. The van der Waals surface area contributed by atoms with E-state index in [0.717, 1.165) is 29.3 Å². The number of hydrogen-bond acceptors (Lipinski definition) is 3. The molecule has 0 unspecified atom stereocenters. The van der Waals surface area contributed by atoms with Gasteiger partial charge in [0.15, 0.2) is 0 Å². The van der Waals surface area contributed by atoms with Crippen LogP contribution >= 0.6 is 0 Å². The second-order valence-corrected chi connectivity index (χ2v) is 9.21. The Morgan fingerprint density at radius 3 is 2.22 bits per heavy atom. The van der Waals surface area contributed by atoms with Crippen LogP contribution in [0.15, 0.2) is 91.3 Å². The van der Waals surface area contributed by atoms with Gasteiger partial charge in [-0.25, -0.2) is 8.78 Å². The molecular weight excluding hydrogens is 472 g/mol. The summed E-state index contributed by atoms with van der Waals surface area (Å²) in [5.41, 5.74) is 10.0. The van der Waals surface area contributed by atoms with Gasteiger partial charge in [0, 0.05) is 48.8 Å². The highest BCUT2D eigenvalue weighted by Gasteiger charge is 2.24. The van der Waals surface area contributed by atoms with E-state index in [1.165, 1.54) is 12.1 Å². The van der Waals surface area contributed by atoms with E-state index in [1.807, 2.05) is 65.5 Å². The number of halogens is 2. The molecule has 3 N–H and O–H groups in total. The summed E-state index contributed by atoms with van der Waals surface area (Å²) in [7, 11) is 0. The first-order valence-electron chi connectivity index (χ1n) is 12.3. The van der Waals surface area contributed by atoms with Crippen molar-refractivity contribution in [1.29, 1.82) is 0 Å². The van der Waals surface area contributed by atoms with E-state index in [-0.39, 0.29) is 25.4 Å². The molecule has 3 aromatic carbocycles. The SMILES string of the molecule is CCc1cccc(CN(C[C@@H](O)[C@@H](N)Cc2cc(F)cc(F)c2)C(=O)c2ccc(-n3cccc3)cc2)c1. The molecule has 7 heteroatoms. The van der Waals surface area contributed by atoms with Crippen LogP contribution in [0.25, 0.3) is 5.69 Å². The van der Waals surface area contributed by atoms with Crippen LogP contribution < -0.4 is 5.73 Å². The molecule has 0 aliphatic carbocycles. The van der Waals surface area contributed by atoms with E-state index >= 15 is 0 Å². The monoisotopic (exact) mass is 503 g/mol. The van der Waals surface area contributed by atoms with Crippen molar-refractivity contribution in [3.05, 3.63) is 125 Å². The van der Waals surface area contributed by atoms with Crippen LogP contribution in [-0.4, -0.2) is 39.2 Å². The standard InChI is InChI=1S/C30H31F2N3O2/c1-2-21-6-5-7-22(14-21)19-35(20-29(36)28(33)17-23-15-25(31)18-26(32)16-23)30(37)24-8-10-27(11-9-24)34-12-3-4-13-34/h3-16,18,28-29,36H,2,17,19-20,33H2,1H3/t28-,29+/m0/s1. The number of aromatic nitrogens is 1. The first-order chi connectivity index (χ1) is 17.8. The van der Waals surface area contributed by atoms with Gasteiger partial charge in [0.1, 0.15) is 11.6 Å². The summed E-state index contributed by atoms with van der Waals surface area (Å²) in [6.07, 6.45) is 3.66. The molecule has 1 amide bonds. The van der Waals surface area contributed by atoms with Crippen LogP contribution in [0.4, 0.5) is 8.78 Å². The van der Waals surface area contributed by atoms with Gasteiger partial charge in [-0.3, -0.25) is 4.79 Å². The lowest BCUT2D eigenvalue weighted by Crippen LogP contribution is -2.46. The number of rotatable bonds is 10. The van der Waals surface area contributed by atoms with Crippen molar-refractivity contribution in [2.24, 2.45) is 5.73 Å². The maximum Gasteiger partial charge on any atom is 0.254 e. The number of hydrogen-bond donors (Lipinski definition) is 2. The maximum absolute atomic E-state index is 13.6. The van der Waals surface area contributed by atoms with E-state index in [9.17, 15) is 18.7 Å². The van der Waals surface area contributed by atoms with Gasteiger partial charge >= 0.3 is 0 Å². The lowest BCUT2D eigenvalue weighted by Gasteiger charge is -2.28. The molecular formula is C30H31F2N3O2. The summed E-state index contributed by atoms with van der Waals surface area (Å²) in [4.78, 5) is 15.1. The third-order valence-corrected chi connectivity index (χ3v) is 6.37. The van der Waals surface area contributed by atoms with Crippen molar-refractivity contribution in [3.8, 4) is 5.69 Å². The summed E-state index contributed by atoms with van der Waals surface area (Å²) >= 11 is 0. The van der Waals surface area contributed by atoms with Crippen molar-refractivity contribution in [1.82, 2.24) is 9.47 Å². The lowest BCUT2D eigenvalue weighted by atomic mass is 10.0. The van der Waals surface area contributed by atoms with Crippen LogP contribution in [-0.2, 0) is 19.4 Å². The molecule has 0 saturated heterocycles. The fraction of sp³-hybridized carbons (Fsp3) is 0.233. The molecule has 0 aliphatic rings. The predicted octanol–water partition coefficient (Wildman–Crippen LogP) is 4.89. The Bertz CT molecular complexity index is 1300. The smallest absolute Gasteiger partial charge is 0.254 e. The second-order valence-electron chi connectivity index (χ2n) is 9.21. The van der Waals surface area contributed by atoms with Gasteiger partial charge in [-0.15, -0.1) is 0 Å². The summed E-state index contributed by atoms with van der Waals surface area (Å²) in [5.74, 6) is -1.65. The van der Waals surface area contributed by atoms with E-state index in [0.29, 0.717) is 11.1 Å². The second kappa shape index (κ2) is 12.0. The number of aliphatic hydroxyl groups excluding tert-OH is 1. The van der Waals surface area contributed by atoms with Crippen LogP contribution in [0.1, 0.15) is 34.0 Å². The van der Waals surface area contributed by atoms with Crippen LogP contribution in [0.2, 0.25) is 0 Å². The molecule has 2 atom stereocenters. The lowest BCUT2D eigenvalue weighted by molar-refractivity contribution is 0.0554. The number of benzene rings is 3. The number of nitrogens with zero attached hydrogens (tertiary/aromatic N) is 2. The predicted molar refractivity (Wildman–Crippen MR) is 140 cm³/mol. The molecule has 0 spiro atoms. The fourth-order valence-electron chi connectivity index (χ4n) is 4.35. The molecule has 4 rings (SSSR count). The minimum absolute atomic E-state index is 0.0342. The number of amides is 1. The molecule has 37 heavy (non-hydrogen) atoms. The van der Waals surface area contributed by atoms with Gasteiger partial charge in [-0.1, -0.05) is 31.2 Å². The van der Waals surface area contributed by atoms with Gasteiger partial charge < -0.3 is 20.3 Å². The first-order valence-corrected chi connectivity index (χ1v) is 12.3. The molecule has 0 bridgehead atoms. The number of carbonyl (C=O) groups excluding carboxylic acids is 1. The zero-order valence-corrected chi connectivity index (χ0v) is 20.7. The minimum atomic E-state index is -1.11. The summed E-state index contributed by atoms with van der Waals surface area (Å²) in [5, 5.41) is 10.9. The summed E-state index contributed by atoms with van der Waals surface area (Å²) < 4.78 is 29.2. The largest absolute Gasteiger partial charge is 0.390 e. The Hall–Kier alpha value is -3.81. The van der Waals surface area contributed by atoms with Crippen LogP contribution in [0.3, 0.4) is 0 Å². The summed E-state index contributed by atoms with van der Waals surface area (Å²) in [6, 6.07) is 21.4. The number of carbonyl (C=O) groups is 1. The van der Waals surface area contributed by atoms with Crippen LogP contribution in [0.5, 0.6) is 0 Å². The van der Waals surface area contributed by atoms with Crippen LogP contribution in [0, 0.1) is 11.6 Å². The molecule has 0 aliphatic heterocycles. The van der Waals surface area contributed by atoms with E-state index in [2.05, 4.69) is 6.92 Å². The molecule has 0 fully saturated rings. The van der Waals surface area contributed by atoms with Crippen molar-refractivity contribution in [3.63, 3.8) is 0 Å². The average molecular weight is 504 g/mol. The van der Waals surface area contributed by atoms with Crippen molar-refractivity contribution >= 4 is 5.91 Å². The third-order valence-electron chi connectivity index (χ3n) is 6.37. The maximum atomic E-state index is 13.6. The highest BCUT2D eigenvalue weighted by Crippen LogP contribution is 2.17. The van der Waals surface area contributed by atoms with Gasteiger partial charge in [0.2, 0.25) is 0 Å². The topological polar surface area (TPSA) is 71.5 Å². The quantitative estimate of drug-likeness (QED) is 0.324. The molecule has 4 aromatic rings. The average Bonchev–Trinajstić information content (AvgIpc) is 3.42. The normalized spacial score (nSPS) is 12.8. The van der Waals surface area contributed by atoms with Crippen molar-refractivity contribution in [2.75, 3.05) is 6.54 Å². The zero-order chi connectivity index (χ0) is 26.4. The molecule has 5 nitrogen and oxygen atoms in total. The highest BCUT2D eigenvalue weighted by molar-refractivity contribution is 5.94. The Morgan fingerprint density at radius 2 is 1.57 bits per heavy atom. The van der Waals surface area contributed by atoms with E-state index in [1.54, 1.807) is 17.0 Å². The van der Waals surface area contributed by atoms with Crippen molar-refractivity contribution < 1.29 is 18.7 Å². The Labute approximate surface area is 215 Å². The van der Waals surface area contributed by atoms with Crippen molar-refractivity contribution in [2.45, 2.75) is 38.5 Å². The van der Waals surface area contributed by atoms with Gasteiger partial charge in [-0.2, -0.15) is 0 Å². The first kappa shape index (κ1) is 26.3. The molecule has 1 heterocycles. The zero-order valence-electron chi connectivity index (χ0n) is 20.7. The minimum Gasteiger partial charge on any atom is -0.390 e. The van der Waals surface area contributed by atoms with E-state index < -0.39 is 23.8 Å². The fourth-order valence-corrected chi connectivity index (χ4v) is 4.35. The Morgan fingerprint density at radius 1 is 0.919 bits per heavy atom. The third kappa shape index (κ3) is 6.90.